The number of hydrogen-bond donors (Lipinski definition) is 1. The molecule has 40 heavy (non-hydrogen) atoms. The van der Waals surface area contributed by atoms with E-state index in [2.05, 4.69) is 5.32 Å². The molecule has 0 radical (unpaired) electrons. The van der Waals surface area contributed by atoms with E-state index in [9.17, 15) is 14.4 Å². The van der Waals surface area contributed by atoms with Crippen LogP contribution >= 0.6 is 11.8 Å². The van der Waals surface area contributed by atoms with Crippen molar-refractivity contribution >= 4 is 46.1 Å². The molecule has 206 valence electrons. The first kappa shape index (κ1) is 27.3. The fourth-order valence-corrected chi connectivity index (χ4v) is 5.48. The number of amides is 2. The van der Waals surface area contributed by atoms with E-state index >= 15 is 0 Å². The quantitative estimate of drug-likeness (QED) is 0.388. The Bertz CT molecular complexity index is 1490. The molecule has 10 heteroatoms. The topological polar surface area (TPSA) is 107 Å². The Morgan fingerprint density at radius 2 is 1.82 bits per heavy atom. The number of carbonyl (C=O) groups excluding carboxylic acids is 3. The lowest BCUT2D eigenvalue weighted by Crippen LogP contribution is -2.44. The molecule has 3 aromatic carbocycles. The second-order valence-corrected chi connectivity index (χ2v) is 10.6. The number of rotatable bonds is 7. The summed E-state index contributed by atoms with van der Waals surface area (Å²) in [6, 6.07) is 17.9. The number of amidine groups is 1. The normalized spacial score (nSPS) is 17.2. The number of esters is 1. The Kier molecular flexibility index (Phi) is 8.06. The van der Waals surface area contributed by atoms with Gasteiger partial charge in [-0.1, -0.05) is 35.5 Å². The fourth-order valence-electron chi connectivity index (χ4n) is 4.38. The lowest BCUT2D eigenvalue weighted by molar-refractivity contribution is -0.129. The Hall–Kier alpha value is -4.31. The lowest BCUT2D eigenvalue weighted by Gasteiger charge is -2.32. The number of aliphatic imine (C=N–C) groups is 1. The minimum atomic E-state index is -0.668. The van der Waals surface area contributed by atoms with Gasteiger partial charge in [0, 0.05) is 12.1 Å². The maximum atomic E-state index is 13.5. The van der Waals surface area contributed by atoms with Gasteiger partial charge in [0.2, 0.25) is 18.6 Å². The Labute approximate surface area is 236 Å². The molecule has 1 N–H and O–H groups in total. The molecule has 1 saturated heterocycles. The van der Waals surface area contributed by atoms with E-state index in [0.29, 0.717) is 33.6 Å². The predicted octanol–water partition coefficient (Wildman–Crippen LogP) is 5.37. The van der Waals surface area contributed by atoms with Crippen molar-refractivity contribution in [1.29, 1.82) is 0 Å². The highest BCUT2D eigenvalue weighted by molar-refractivity contribution is 8.15. The third kappa shape index (κ3) is 6.12. The Balaban J connectivity index is 1.41. The minimum Gasteiger partial charge on any atom is -0.462 e. The molecule has 3 aromatic rings. The SMILES string of the molecule is CCOC(=O)c1ccc(N=C2SC(C(=O)Nc3ccc(C)cc3C)CC(=O)N2Cc2ccc3c(c2)OCO3)cc1. The molecule has 0 aromatic heterocycles. The number of anilines is 1. The van der Waals surface area contributed by atoms with E-state index in [-0.39, 0.29) is 38.2 Å². The number of thioether (sulfide) groups is 1. The van der Waals surface area contributed by atoms with Crippen LogP contribution in [0.15, 0.2) is 65.7 Å². The van der Waals surface area contributed by atoms with Gasteiger partial charge < -0.3 is 19.5 Å². The zero-order chi connectivity index (χ0) is 28.2. The molecule has 0 bridgehead atoms. The molecule has 2 heterocycles. The summed E-state index contributed by atoms with van der Waals surface area (Å²) in [5.74, 6) is 0.365. The van der Waals surface area contributed by atoms with Crippen LogP contribution < -0.4 is 14.8 Å². The molecule has 0 spiro atoms. The van der Waals surface area contributed by atoms with Crippen molar-refractivity contribution in [3.8, 4) is 11.5 Å². The molecular formula is C30H29N3O6S. The highest BCUT2D eigenvalue weighted by Crippen LogP contribution is 2.35. The standard InChI is InChI=1S/C30H29N3O6S/c1-4-37-29(36)21-7-9-22(10-8-21)31-30-33(16-20-6-12-24-25(14-20)39-17-38-24)27(34)15-26(40-30)28(35)32-23-11-5-18(2)13-19(23)3/h5-14,26H,4,15-17H2,1-3H3,(H,32,35). The van der Waals surface area contributed by atoms with Gasteiger partial charge in [0.1, 0.15) is 5.25 Å². The number of carbonyl (C=O) groups is 3. The van der Waals surface area contributed by atoms with Crippen LogP contribution in [-0.4, -0.2) is 46.5 Å². The van der Waals surface area contributed by atoms with Gasteiger partial charge in [0.25, 0.3) is 0 Å². The highest BCUT2D eigenvalue weighted by atomic mass is 32.2. The van der Waals surface area contributed by atoms with E-state index in [1.54, 1.807) is 36.1 Å². The van der Waals surface area contributed by atoms with Gasteiger partial charge >= 0.3 is 5.97 Å². The van der Waals surface area contributed by atoms with Crippen LogP contribution in [0.5, 0.6) is 11.5 Å². The summed E-state index contributed by atoms with van der Waals surface area (Å²) >= 11 is 1.23. The molecule has 2 aliphatic heterocycles. The summed E-state index contributed by atoms with van der Waals surface area (Å²) in [6.07, 6.45) is 0.0206. The van der Waals surface area contributed by atoms with Crippen LogP contribution in [0, 0.1) is 13.8 Å². The monoisotopic (exact) mass is 559 g/mol. The average Bonchev–Trinajstić information content (AvgIpc) is 3.40. The molecule has 9 nitrogen and oxygen atoms in total. The zero-order valence-electron chi connectivity index (χ0n) is 22.4. The molecule has 2 amide bonds. The van der Waals surface area contributed by atoms with Gasteiger partial charge in [0.15, 0.2) is 16.7 Å². The number of nitrogens with zero attached hydrogens (tertiary/aromatic N) is 2. The number of hydrogen-bond acceptors (Lipinski definition) is 8. The molecule has 5 rings (SSSR count). The van der Waals surface area contributed by atoms with Gasteiger partial charge in [-0.15, -0.1) is 0 Å². The first-order valence-corrected chi connectivity index (χ1v) is 13.8. The minimum absolute atomic E-state index is 0.0206. The van der Waals surface area contributed by atoms with Crippen LogP contribution in [0.25, 0.3) is 0 Å². The van der Waals surface area contributed by atoms with Crippen molar-refractivity contribution in [3.63, 3.8) is 0 Å². The van der Waals surface area contributed by atoms with Gasteiger partial charge in [-0.25, -0.2) is 9.79 Å². The number of ether oxygens (including phenoxy) is 3. The van der Waals surface area contributed by atoms with Crippen LogP contribution in [0.2, 0.25) is 0 Å². The molecule has 2 aliphatic rings. The fraction of sp³-hybridized carbons (Fsp3) is 0.267. The van der Waals surface area contributed by atoms with Crippen LogP contribution in [0.1, 0.15) is 40.4 Å². The second-order valence-electron chi connectivity index (χ2n) is 9.45. The zero-order valence-corrected chi connectivity index (χ0v) is 23.2. The van der Waals surface area contributed by atoms with Gasteiger partial charge in [0.05, 0.1) is 24.4 Å². The van der Waals surface area contributed by atoms with Crippen molar-refractivity contribution in [2.75, 3.05) is 18.7 Å². The van der Waals surface area contributed by atoms with Gasteiger partial charge in [-0.3, -0.25) is 14.5 Å². The van der Waals surface area contributed by atoms with Crippen molar-refractivity contribution in [1.82, 2.24) is 4.90 Å². The smallest absolute Gasteiger partial charge is 0.338 e. The first-order valence-electron chi connectivity index (χ1n) is 12.9. The summed E-state index contributed by atoms with van der Waals surface area (Å²) in [5, 5.41) is 2.69. The van der Waals surface area contributed by atoms with Crippen molar-refractivity contribution in [2.24, 2.45) is 4.99 Å². The number of aryl methyl sites for hydroxylation is 2. The Morgan fingerprint density at radius 3 is 2.58 bits per heavy atom. The molecule has 1 fully saturated rings. The molecule has 0 saturated carbocycles. The average molecular weight is 560 g/mol. The van der Waals surface area contributed by atoms with Gasteiger partial charge in [-0.05, 0) is 74.4 Å². The third-order valence-corrected chi connectivity index (χ3v) is 7.64. The maximum Gasteiger partial charge on any atom is 0.338 e. The largest absolute Gasteiger partial charge is 0.462 e. The summed E-state index contributed by atoms with van der Waals surface area (Å²) < 4.78 is 16.0. The Morgan fingerprint density at radius 1 is 1.05 bits per heavy atom. The summed E-state index contributed by atoms with van der Waals surface area (Å²) in [7, 11) is 0. The molecular weight excluding hydrogens is 530 g/mol. The predicted molar refractivity (Wildman–Crippen MR) is 153 cm³/mol. The van der Waals surface area contributed by atoms with Gasteiger partial charge in [-0.2, -0.15) is 0 Å². The first-order chi connectivity index (χ1) is 19.3. The number of nitrogens with one attached hydrogen (secondary N) is 1. The summed E-state index contributed by atoms with van der Waals surface area (Å²) in [5.41, 5.74) is 4.53. The van der Waals surface area contributed by atoms with E-state index in [1.807, 2.05) is 50.2 Å². The maximum absolute atomic E-state index is 13.5. The lowest BCUT2D eigenvalue weighted by atomic mass is 10.1. The van der Waals surface area contributed by atoms with Crippen molar-refractivity contribution < 1.29 is 28.6 Å². The van der Waals surface area contributed by atoms with Crippen LogP contribution in [0.3, 0.4) is 0 Å². The molecule has 0 aliphatic carbocycles. The molecule has 1 atom stereocenters. The van der Waals surface area contributed by atoms with Crippen LogP contribution in [0.4, 0.5) is 11.4 Å². The third-order valence-electron chi connectivity index (χ3n) is 6.45. The van der Waals surface area contributed by atoms with E-state index in [4.69, 9.17) is 19.2 Å². The summed E-state index contributed by atoms with van der Waals surface area (Å²) in [4.78, 5) is 45.1. The number of benzene rings is 3. The van der Waals surface area contributed by atoms with Crippen LogP contribution in [-0.2, 0) is 20.9 Å². The van der Waals surface area contributed by atoms with Crippen molar-refractivity contribution in [3.05, 3.63) is 82.9 Å². The van der Waals surface area contributed by atoms with E-state index in [0.717, 1.165) is 16.7 Å². The second kappa shape index (κ2) is 11.8. The van der Waals surface area contributed by atoms with E-state index < -0.39 is 11.2 Å². The van der Waals surface area contributed by atoms with Crippen molar-refractivity contribution in [2.45, 2.75) is 39.0 Å². The summed E-state index contributed by atoms with van der Waals surface area (Å²) in [6.45, 7) is 6.35. The van der Waals surface area contributed by atoms with E-state index in [1.165, 1.54) is 11.8 Å². The highest BCUT2D eigenvalue weighted by Gasteiger charge is 2.36. The number of fused-ring (bicyclic) bond motifs is 1. The molecule has 1 unspecified atom stereocenters.